The highest BCUT2D eigenvalue weighted by Crippen LogP contribution is 2.35. The van der Waals surface area contributed by atoms with Crippen LogP contribution in [0.15, 0.2) is 74.5 Å². The molecule has 9 heteroatoms. The Bertz CT molecular complexity index is 1190. The summed E-state index contributed by atoms with van der Waals surface area (Å²) in [4.78, 5) is 36.9. The Hall–Kier alpha value is -3.17. The fourth-order valence-corrected chi connectivity index (χ4v) is 4.04. The van der Waals surface area contributed by atoms with Gasteiger partial charge in [0.05, 0.1) is 16.4 Å². The van der Waals surface area contributed by atoms with Gasteiger partial charge in [-0.2, -0.15) is 0 Å². The van der Waals surface area contributed by atoms with Crippen molar-refractivity contribution in [1.82, 2.24) is 4.90 Å². The summed E-state index contributed by atoms with van der Waals surface area (Å²) in [7, 11) is 0. The molecule has 30 heavy (non-hydrogen) atoms. The Labute approximate surface area is 183 Å². The molecular weight excluding hydrogens is 472 g/mol. The molecule has 1 aliphatic rings. The van der Waals surface area contributed by atoms with E-state index in [0.717, 1.165) is 26.7 Å². The molecule has 0 bridgehead atoms. The van der Waals surface area contributed by atoms with Crippen LogP contribution in [-0.4, -0.2) is 21.0 Å². The van der Waals surface area contributed by atoms with Crippen molar-refractivity contribution in [1.29, 1.82) is 0 Å². The standard InChI is InChI=1S/C21H13BrN2O5S/c22-15-7-5-13(6-8-15)18-10-9-16(29-18)11-19-20(25)23(21(26)30-19)12-14-3-1-2-4-17(14)24(27)28/h1-11H,12H2/b19-11+. The van der Waals surface area contributed by atoms with Gasteiger partial charge in [0.2, 0.25) is 0 Å². The predicted molar refractivity (Wildman–Crippen MR) is 116 cm³/mol. The maximum Gasteiger partial charge on any atom is 0.293 e. The lowest BCUT2D eigenvalue weighted by Crippen LogP contribution is -2.27. The monoisotopic (exact) mass is 484 g/mol. The van der Waals surface area contributed by atoms with E-state index in [9.17, 15) is 19.7 Å². The summed E-state index contributed by atoms with van der Waals surface area (Å²) in [6, 6.07) is 17.1. The van der Waals surface area contributed by atoms with Gasteiger partial charge in [-0.15, -0.1) is 0 Å². The lowest BCUT2D eigenvalue weighted by molar-refractivity contribution is -0.385. The van der Waals surface area contributed by atoms with Crippen LogP contribution in [0.25, 0.3) is 17.4 Å². The number of carbonyl (C=O) groups excluding carboxylic acids is 2. The molecule has 150 valence electrons. The average Bonchev–Trinajstić information content (AvgIpc) is 3.29. The second-order valence-corrected chi connectivity index (χ2v) is 8.27. The SMILES string of the molecule is O=C1S/C(=C/c2ccc(-c3ccc(Br)cc3)o2)C(=O)N1Cc1ccccc1[N+](=O)[O-]. The third-order valence-electron chi connectivity index (χ3n) is 4.42. The highest BCUT2D eigenvalue weighted by atomic mass is 79.9. The summed E-state index contributed by atoms with van der Waals surface area (Å²) >= 11 is 4.16. The van der Waals surface area contributed by atoms with E-state index in [1.165, 1.54) is 24.3 Å². The zero-order valence-corrected chi connectivity index (χ0v) is 17.7. The first-order valence-electron chi connectivity index (χ1n) is 8.76. The van der Waals surface area contributed by atoms with Gasteiger partial charge in [-0.1, -0.05) is 46.3 Å². The molecule has 0 atom stereocenters. The minimum absolute atomic E-state index is 0.134. The molecule has 0 aliphatic carbocycles. The molecule has 3 aromatic rings. The topological polar surface area (TPSA) is 93.7 Å². The number of nitro groups is 1. The van der Waals surface area contributed by atoms with Crippen LogP contribution in [-0.2, 0) is 11.3 Å². The van der Waals surface area contributed by atoms with Crippen molar-refractivity contribution in [3.63, 3.8) is 0 Å². The molecule has 2 amide bonds. The first kappa shape index (κ1) is 20.1. The Morgan fingerprint density at radius 2 is 1.80 bits per heavy atom. The summed E-state index contributed by atoms with van der Waals surface area (Å²) in [6.07, 6.45) is 1.51. The van der Waals surface area contributed by atoms with Gasteiger partial charge < -0.3 is 4.42 Å². The summed E-state index contributed by atoms with van der Waals surface area (Å²) in [6.45, 7) is -0.165. The number of benzene rings is 2. The van der Waals surface area contributed by atoms with E-state index in [2.05, 4.69) is 15.9 Å². The summed E-state index contributed by atoms with van der Waals surface area (Å²) in [5.41, 5.74) is 1.04. The zero-order valence-electron chi connectivity index (χ0n) is 15.3. The summed E-state index contributed by atoms with van der Waals surface area (Å²) in [5.74, 6) is 0.557. The van der Waals surface area contributed by atoms with E-state index in [-0.39, 0.29) is 17.1 Å². The van der Waals surface area contributed by atoms with Crippen LogP contribution in [0.3, 0.4) is 0 Å². The smallest absolute Gasteiger partial charge is 0.293 e. The Morgan fingerprint density at radius 3 is 2.53 bits per heavy atom. The summed E-state index contributed by atoms with van der Waals surface area (Å²) < 4.78 is 6.73. The first-order chi connectivity index (χ1) is 14.4. The minimum atomic E-state index is -0.531. The molecule has 1 saturated heterocycles. The van der Waals surface area contributed by atoms with E-state index in [0.29, 0.717) is 17.1 Å². The van der Waals surface area contributed by atoms with Crippen LogP contribution in [0.1, 0.15) is 11.3 Å². The summed E-state index contributed by atoms with van der Waals surface area (Å²) in [5, 5.41) is 10.7. The number of nitro benzene ring substituents is 1. The third-order valence-corrected chi connectivity index (χ3v) is 5.86. The number of rotatable bonds is 5. The van der Waals surface area contributed by atoms with Gasteiger partial charge in [0, 0.05) is 27.7 Å². The quantitative estimate of drug-likeness (QED) is 0.256. The molecule has 2 aromatic carbocycles. The van der Waals surface area contributed by atoms with Crippen molar-refractivity contribution in [2.75, 3.05) is 0 Å². The van der Waals surface area contributed by atoms with Gasteiger partial charge in [-0.25, -0.2) is 0 Å². The number of thioether (sulfide) groups is 1. The highest BCUT2D eigenvalue weighted by molar-refractivity contribution is 9.10. The van der Waals surface area contributed by atoms with Crippen LogP contribution >= 0.6 is 27.7 Å². The Balaban J connectivity index is 1.55. The van der Waals surface area contributed by atoms with Crippen molar-refractivity contribution < 1.29 is 18.9 Å². The van der Waals surface area contributed by atoms with Gasteiger partial charge in [-0.3, -0.25) is 24.6 Å². The van der Waals surface area contributed by atoms with Crippen molar-refractivity contribution in [3.8, 4) is 11.3 Å². The van der Waals surface area contributed by atoms with Crippen LogP contribution in [0.4, 0.5) is 10.5 Å². The second kappa shape index (κ2) is 8.29. The number of amides is 2. The number of nitrogens with zero attached hydrogens (tertiary/aromatic N) is 2. The van der Waals surface area contributed by atoms with Crippen molar-refractivity contribution in [2.45, 2.75) is 6.54 Å². The van der Waals surface area contributed by atoms with Gasteiger partial charge in [-0.05, 0) is 36.0 Å². The minimum Gasteiger partial charge on any atom is -0.457 e. The second-order valence-electron chi connectivity index (χ2n) is 6.36. The van der Waals surface area contributed by atoms with Crippen molar-refractivity contribution >= 4 is 50.6 Å². The number of hydrogen-bond acceptors (Lipinski definition) is 6. The number of imide groups is 1. The van der Waals surface area contributed by atoms with Crippen LogP contribution in [0.2, 0.25) is 0 Å². The number of furan rings is 1. The number of hydrogen-bond donors (Lipinski definition) is 0. The van der Waals surface area contributed by atoms with Crippen LogP contribution in [0.5, 0.6) is 0 Å². The molecule has 0 spiro atoms. The fourth-order valence-electron chi connectivity index (χ4n) is 2.96. The molecule has 1 aliphatic heterocycles. The van der Waals surface area contributed by atoms with Crippen molar-refractivity contribution in [3.05, 3.63) is 91.5 Å². The molecular formula is C21H13BrN2O5S. The lowest BCUT2D eigenvalue weighted by atomic mass is 10.1. The van der Waals surface area contributed by atoms with E-state index in [1.807, 2.05) is 24.3 Å². The zero-order chi connectivity index (χ0) is 21.3. The van der Waals surface area contributed by atoms with Crippen LogP contribution in [0, 0.1) is 10.1 Å². The van der Waals surface area contributed by atoms with E-state index in [4.69, 9.17) is 4.42 Å². The fraction of sp³-hybridized carbons (Fsp3) is 0.0476. The number of halogens is 1. The van der Waals surface area contributed by atoms with Gasteiger partial charge >= 0.3 is 0 Å². The molecule has 0 N–H and O–H groups in total. The Kier molecular flexibility index (Phi) is 5.56. The normalized spacial score (nSPS) is 15.2. The van der Waals surface area contributed by atoms with E-state index in [1.54, 1.807) is 18.2 Å². The molecule has 1 fully saturated rings. The first-order valence-corrected chi connectivity index (χ1v) is 10.4. The van der Waals surface area contributed by atoms with E-state index < -0.39 is 16.1 Å². The molecule has 1 aromatic heterocycles. The number of carbonyl (C=O) groups is 2. The van der Waals surface area contributed by atoms with Crippen molar-refractivity contribution in [2.24, 2.45) is 0 Å². The molecule has 7 nitrogen and oxygen atoms in total. The maximum absolute atomic E-state index is 12.7. The molecule has 4 rings (SSSR count). The van der Waals surface area contributed by atoms with Gasteiger partial charge in [0.15, 0.2) is 0 Å². The predicted octanol–water partition coefficient (Wildman–Crippen LogP) is 5.85. The van der Waals surface area contributed by atoms with Crippen LogP contribution < -0.4 is 0 Å². The number of para-hydroxylation sites is 1. The van der Waals surface area contributed by atoms with E-state index >= 15 is 0 Å². The van der Waals surface area contributed by atoms with Gasteiger partial charge in [0.25, 0.3) is 16.8 Å². The largest absolute Gasteiger partial charge is 0.457 e. The van der Waals surface area contributed by atoms with Gasteiger partial charge in [0.1, 0.15) is 11.5 Å². The molecule has 0 radical (unpaired) electrons. The molecule has 2 heterocycles. The third kappa shape index (κ3) is 4.07. The Morgan fingerprint density at radius 1 is 1.07 bits per heavy atom. The average molecular weight is 485 g/mol. The molecule has 0 unspecified atom stereocenters. The highest BCUT2D eigenvalue weighted by Gasteiger charge is 2.36. The lowest BCUT2D eigenvalue weighted by Gasteiger charge is -2.12. The maximum atomic E-state index is 12.7. The molecule has 0 saturated carbocycles.